The van der Waals surface area contributed by atoms with Gasteiger partial charge in [-0.1, -0.05) is 24.3 Å². The number of rotatable bonds is 4. The molecule has 32 heavy (non-hydrogen) atoms. The number of amides is 2. The Balaban J connectivity index is 1.53. The SMILES string of the molecule is COc1cccc([C@@H]2Nc3ccccc3C(=O)N2NC(=O)c2ccc3c(c2)OCO3)c1O. The fraction of sp³-hybridized carbons (Fsp3) is 0.130. The van der Waals surface area contributed by atoms with Crippen molar-refractivity contribution >= 4 is 17.5 Å². The van der Waals surface area contributed by atoms with E-state index in [4.69, 9.17) is 14.2 Å². The van der Waals surface area contributed by atoms with Crippen molar-refractivity contribution in [2.24, 2.45) is 0 Å². The summed E-state index contributed by atoms with van der Waals surface area (Å²) in [5.41, 5.74) is 4.28. The average molecular weight is 433 g/mol. The predicted molar refractivity (Wildman–Crippen MR) is 114 cm³/mol. The van der Waals surface area contributed by atoms with E-state index in [1.165, 1.54) is 7.11 Å². The molecule has 0 bridgehead atoms. The number of anilines is 1. The van der Waals surface area contributed by atoms with Crippen molar-refractivity contribution in [2.45, 2.75) is 6.17 Å². The highest BCUT2D eigenvalue weighted by Crippen LogP contribution is 2.39. The molecule has 0 aliphatic carbocycles. The Morgan fingerprint density at radius 2 is 1.94 bits per heavy atom. The number of hydrogen-bond donors (Lipinski definition) is 3. The number of ether oxygens (including phenoxy) is 3. The Labute approximate surface area is 183 Å². The molecule has 9 nitrogen and oxygen atoms in total. The van der Waals surface area contributed by atoms with E-state index in [1.54, 1.807) is 60.7 Å². The number of benzene rings is 3. The number of hydrazine groups is 1. The second kappa shape index (κ2) is 7.69. The summed E-state index contributed by atoms with van der Waals surface area (Å²) in [6.07, 6.45) is -0.884. The number of carbonyl (C=O) groups excluding carboxylic acids is 2. The molecule has 3 N–H and O–H groups in total. The van der Waals surface area contributed by atoms with Gasteiger partial charge in [-0.15, -0.1) is 0 Å². The molecule has 5 rings (SSSR count). The molecule has 0 aromatic heterocycles. The second-order valence-corrected chi connectivity index (χ2v) is 7.17. The van der Waals surface area contributed by atoms with Crippen LogP contribution in [0.1, 0.15) is 32.4 Å². The van der Waals surface area contributed by atoms with Crippen LogP contribution in [0.15, 0.2) is 60.7 Å². The van der Waals surface area contributed by atoms with Crippen molar-refractivity contribution < 1.29 is 28.9 Å². The maximum atomic E-state index is 13.3. The van der Waals surface area contributed by atoms with E-state index in [1.807, 2.05) is 0 Å². The van der Waals surface area contributed by atoms with Gasteiger partial charge in [-0.25, -0.2) is 5.01 Å². The zero-order valence-electron chi connectivity index (χ0n) is 17.0. The van der Waals surface area contributed by atoms with Crippen molar-refractivity contribution in [2.75, 3.05) is 19.2 Å². The van der Waals surface area contributed by atoms with Crippen molar-refractivity contribution in [3.8, 4) is 23.0 Å². The van der Waals surface area contributed by atoms with Gasteiger partial charge in [0.15, 0.2) is 29.2 Å². The van der Waals surface area contributed by atoms with Crippen LogP contribution in [0.4, 0.5) is 5.69 Å². The molecular formula is C23H19N3O6. The second-order valence-electron chi connectivity index (χ2n) is 7.17. The average Bonchev–Trinajstić information content (AvgIpc) is 3.29. The number of aromatic hydroxyl groups is 1. The Morgan fingerprint density at radius 1 is 1.12 bits per heavy atom. The summed E-state index contributed by atoms with van der Waals surface area (Å²) in [5, 5.41) is 15.1. The Bertz CT molecular complexity index is 1230. The molecule has 1 atom stereocenters. The Kier molecular flexibility index (Phi) is 4.70. The number of para-hydroxylation sites is 2. The normalized spacial score (nSPS) is 16.2. The van der Waals surface area contributed by atoms with Gasteiger partial charge < -0.3 is 24.6 Å². The van der Waals surface area contributed by atoms with Crippen LogP contribution >= 0.6 is 0 Å². The van der Waals surface area contributed by atoms with E-state index in [0.29, 0.717) is 28.3 Å². The summed E-state index contributed by atoms with van der Waals surface area (Å²) in [4.78, 5) is 26.4. The van der Waals surface area contributed by atoms with Crippen molar-refractivity contribution in [3.63, 3.8) is 0 Å². The topological polar surface area (TPSA) is 109 Å². The number of nitrogens with one attached hydrogen (secondary N) is 2. The molecule has 2 aliphatic rings. The lowest BCUT2D eigenvalue weighted by molar-refractivity contribution is 0.0488. The van der Waals surface area contributed by atoms with Crippen LogP contribution in [0.5, 0.6) is 23.0 Å². The van der Waals surface area contributed by atoms with Crippen LogP contribution in [0.2, 0.25) is 0 Å². The number of phenols is 1. The molecule has 0 saturated heterocycles. The lowest BCUT2D eigenvalue weighted by atomic mass is 10.0. The van der Waals surface area contributed by atoms with Gasteiger partial charge in [0.2, 0.25) is 6.79 Å². The fourth-order valence-electron chi connectivity index (χ4n) is 3.72. The summed E-state index contributed by atoms with van der Waals surface area (Å²) in [6.45, 7) is 0.0862. The first-order valence-corrected chi connectivity index (χ1v) is 9.82. The highest BCUT2D eigenvalue weighted by atomic mass is 16.7. The van der Waals surface area contributed by atoms with E-state index in [-0.39, 0.29) is 23.9 Å². The lowest BCUT2D eigenvalue weighted by Crippen LogP contribution is -2.52. The van der Waals surface area contributed by atoms with Gasteiger partial charge >= 0.3 is 0 Å². The van der Waals surface area contributed by atoms with Gasteiger partial charge in [-0.2, -0.15) is 0 Å². The van der Waals surface area contributed by atoms with E-state index in [2.05, 4.69) is 10.7 Å². The smallest absolute Gasteiger partial charge is 0.276 e. The number of nitrogens with zero attached hydrogens (tertiary/aromatic N) is 1. The summed E-state index contributed by atoms with van der Waals surface area (Å²) in [7, 11) is 1.44. The molecule has 0 radical (unpaired) electrons. The predicted octanol–water partition coefficient (Wildman–Crippen LogP) is 3.04. The van der Waals surface area contributed by atoms with Gasteiger partial charge in [-0.05, 0) is 36.4 Å². The third-order valence-electron chi connectivity index (χ3n) is 5.33. The molecule has 2 aliphatic heterocycles. The van der Waals surface area contributed by atoms with Crippen molar-refractivity contribution in [1.29, 1.82) is 0 Å². The van der Waals surface area contributed by atoms with Gasteiger partial charge in [-0.3, -0.25) is 15.0 Å². The molecule has 0 saturated carbocycles. The van der Waals surface area contributed by atoms with Crippen molar-refractivity contribution in [1.82, 2.24) is 10.4 Å². The number of fused-ring (bicyclic) bond motifs is 2. The van der Waals surface area contributed by atoms with E-state index < -0.39 is 18.0 Å². The summed E-state index contributed by atoms with van der Waals surface area (Å²) in [5.74, 6) is 0.156. The molecule has 2 amide bonds. The molecule has 0 unspecified atom stereocenters. The van der Waals surface area contributed by atoms with Crippen LogP contribution in [-0.4, -0.2) is 35.8 Å². The van der Waals surface area contributed by atoms with E-state index >= 15 is 0 Å². The zero-order chi connectivity index (χ0) is 22.2. The molecule has 3 aromatic rings. The molecule has 162 valence electrons. The quantitative estimate of drug-likeness (QED) is 0.580. The lowest BCUT2D eigenvalue weighted by Gasteiger charge is -2.38. The van der Waals surface area contributed by atoms with Gasteiger partial charge in [0.1, 0.15) is 0 Å². The Hall–Kier alpha value is -4.40. The largest absolute Gasteiger partial charge is 0.504 e. The van der Waals surface area contributed by atoms with Crippen LogP contribution in [0.25, 0.3) is 0 Å². The monoisotopic (exact) mass is 433 g/mol. The fourth-order valence-corrected chi connectivity index (χ4v) is 3.72. The van der Waals surface area contributed by atoms with Crippen molar-refractivity contribution in [3.05, 3.63) is 77.4 Å². The summed E-state index contributed by atoms with van der Waals surface area (Å²) in [6, 6.07) is 16.7. The highest BCUT2D eigenvalue weighted by Gasteiger charge is 2.36. The maximum absolute atomic E-state index is 13.3. The molecule has 0 fully saturated rings. The summed E-state index contributed by atoms with van der Waals surface area (Å²) < 4.78 is 15.8. The number of methoxy groups -OCH3 is 1. The van der Waals surface area contributed by atoms with E-state index in [0.717, 1.165) is 5.01 Å². The van der Waals surface area contributed by atoms with Gasteiger partial charge in [0.25, 0.3) is 11.8 Å². The van der Waals surface area contributed by atoms with E-state index in [9.17, 15) is 14.7 Å². The third-order valence-corrected chi connectivity index (χ3v) is 5.33. The minimum absolute atomic E-state index is 0.0862. The van der Waals surface area contributed by atoms with Crippen LogP contribution in [0, 0.1) is 0 Å². The van der Waals surface area contributed by atoms with Gasteiger partial charge in [0.05, 0.1) is 12.7 Å². The first kappa shape index (κ1) is 19.6. The first-order chi connectivity index (χ1) is 15.6. The highest BCUT2D eigenvalue weighted by molar-refractivity contribution is 6.04. The van der Waals surface area contributed by atoms with Crippen LogP contribution in [-0.2, 0) is 0 Å². The van der Waals surface area contributed by atoms with Crippen LogP contribution in [0.3, 0.4) is 0 Å². The van der Waals surface area contributed by atoms with Gasteiger partial charge in [0, 0.05) is 16.8 Å². The summed E-state index contributed by atoms with van der Waals surface area (Å²) >= 11 is 0. The molecule has 3 aromatic carbocycles. The Morgan fingerprint density at radius 3 is 2.78 bits per heavy atom. The minimum atomic E-state index is -0.884. The molecule has 0 spiro atoms. The molecular weight excluding hydrogens is 414 g/mol. The number of carbonyl (C=O) groups is 2. The number of phenolic OH excluding ortho intramolecular Hbond substituents is 1. The first-order valence-electron chi connectivity index (χ1n) is 9.82. The number of hydrogen-bond acceptors (Lipinski definition) is 7. The molecule has 2 heterocycles. The molecule has 9 heteroatoms. The standard InChI is InChI=1S/C23H19N3O6/c1-30-18-8-4-6-15(20(18)27)21-24-16-7-3-2-5-14(16)23(29)26(21)25-22(28)13-9-10-17-19(11-13)32-12-31-17/h2-11,21,24,27H,12H2,1H3,(H,25,28)/t21-/m1/s1. The maximum Gasteiger partial charge on any atom is 0.276 e. The zero-order valence-corrected chi connectivity index (χ0v) is 17.0. The third kappa shape index (κ3) is 3.20. The minimum Gasteiger partial charge on any atom is -0.504 e. The van der Waals surface area contributed by atoms with Crippen LogP contribution < -0.4 is 25.0 Å².